The summed E-state index contributed by atoms with van der Waals surface area (Å²) < 4.78 is 0. The summed E-state index contributed by atoms with van der Waals surface area (Å²) in [5.74, 6) is -0.0449. The molecule has 0 bridgehead atoms. The maximum absolute atomic E-state index is 12.2. The highest BCUT2D eigenvalue weighted by Gasteiger charge is 2.18. The van der Waals surface area contributed by atoms with Crippen molar-refractivity contribution in [1.82, 2.24) is 5.32 Å². The summed E-state index contributed by atoms with van der Waals surface area (Å²) in [5.41, 5.74) is 2.94. The minimum absolute atomic E-state index is 0.00472. The fourth-order valence-electron chi connectivity index (χ4n) is 2.29. The largest absolute Gasteiger partial charge is 0.396 e. The molecular weight excluding hydrogens is 228 g/mol. The molecule has 1 unspecified atom stereocenters. The Balaban J connectivity index is 2.15. The van der Waals surface area contributed by atoms with Crippen LogP contribution in [0.2, 0.25) is 0 Å². The van der Waals surface area contributed by atoms with E-state index in [9.17, 15) is 4.79 Å². The molecule has 4 nitrogen and oxygen atoms in total. The lowest BCUT2D eigenvalue weighted by Crippen LogP contribution is -2.34. The molecule has 0 aliphatic carbocycles. The molecule has 0 spiro atoms. The molecule has 98 valence electrons. The van der Waals surface area contributed by atoms with Gasteiger partial charge in [-0.1, -0.05) is 6.07 Å². The number of amides is 1. The summed E-state index contributed by atoms with van der Waals surface area (Å²) in [4.78, 5) is 12.2. The van der Waals surface area contributed by atoms with Crippen LogP contribution in [0.3, 0.4) is 0 Å². The molecule has 0 radical (unpaired) electrons. The van der Waals surface area contributed by atoms with Crippen LogP contribution < -0.4 is 10.6 Å². The van der Waals surface area contributed by atoms with Crippen molar-refractivity contribution in [2.45, 2.75) is 32.2 Å². The Morgan fingerprint density at radius 1 is 1.56 bits per heavy atom. The first-order chi connectivity index (χ1) is 8.72. The van der Waals surface area contributed by atoms with E-state index < -0.39 is 0 Å². The first-order valence-electron chi connectivity index (χ1n) is 6.50. The van der Waals surface area contributed by atoms with Crippen LogP contribution in [-0.4, -0.2) is 30.2 Å². The third-order valence-corrected chi connectivity index (χ3v) is 3.28. The molecule has 1 aliphatic rings. The van der Waals surface area contributed by atoms with Gasteiger partial charge in [-0.25, -0.2) is 0 Å². The zero-order valence-electron chi connectivity index (χ0n) is 10.7. The van der Waals surface area contributed by atoms with Crippen molar-refractivity contribution in [2.75, 3.05) is 18.5 Å². The maximum atomic E-state index is 12.2. The van der Waals surface area contributed by atoms with Crippen LogP contribution in [0.25, 0.3) is 0 Å². The van der Waals surface area contributed by atoms with Crippen LogP contribution in [0.15, 0.2) is 18.2 Å². The second kappa shape index (κ2) is 5.87. The Morgan fingerprint density at radius 3 is 3.17 bits per heavy atom. The quantitative estimate of drug-likeness (QED) is 0.757. The first kappa shape index (κ1) is 12.9. The number of aliphatic hydroxyl groups is 1. The molecule has 1 amide bonds. The molecule has 0 saturated carbocycles. The minimum atomic E-state index is -0.0449. The van der Waals surface area contributed by atoms with E-state index >= 15 is 0 Å². The number of hydrogen-bond donors (Lipinski definition) is 3. The Kier molecular flexibility index (Phi) is 4.20. The highest BCUT2D eigenvalue weighted by Crippen LogP contribution is 2.25. The topological polar surface area (TPSA) is 61.4 Å². The molecule has 0 aromatic heterocycles. The summed E-state index contributed by atoms with van der Waals surface area (Å²) in [5, 5.41) is 15.1. The Morgan fingerprint density at radius 2 is 2.39 bits per heavy atom. The van der Waals surface area contributed by atoms with E-state index in [2.05, 4.69) is 10.6 Å². The second-order valence-corrected chi connectivity index (χ2v) is 4.75. The van der Waals surface area contributed by atoms with E-state index in [1.807, 2.05) is 25.1 Å². The van der Waals surface area contributed by atoms with Gasteiger partial charge in [0.15, 0.2) is 0 Å². The third kappa shape index (κ3) is 2.82. The molecule has 1 aromatic carbocycles. The maximum Gasteiger partial charge on any atom is 0.251 e. The van der Waals surface area contributed by atoms with Gasteiger partial charge in [-0.3, -0.25) is 4.79 Å². The number of aliphatic hydroxyl groups excluding tert-OH is 1. The van der Waals surface area contributed by atoms with E-state index in [4.69, 9.17) is 5.11 Å². The van der Waals surface area contributed by atoms with Gasteiger partial charge in [0.05, 0.1) is 0 Å². The normalized spacial score (nSPS) is 15.4. The van der Waals surface area contributed by atoms with E-state index in [1.165, 1.54) is 0 Å². The molecule has 0 fully saturated rings. The number of carbonyl (C=O) groups excluding carboxylic acids is 1. The van der Waals surface area contributed by atoms with Crippen molar-refractivity contribution in [3.8, 4) is 0 Å². The van der Waals surface area contributed by atoms with Crippen molar-refractivity contribution in [3.05, 3.63) is 29.3 Å². The van der Waals surface area contributed by atoms with E-state index in [-0.39, 0.29) is 18.6 Å². The smallest absolute Gasteiger partial charge is 0.251 e. The zero-order chi connectivity index (χ0) is 13.0. The summed E-state index contributed by atoms with van der Waals surface area (Å²) in [7, 11) is 0. The van der Waals surface area contributed by atoms with Crippen molar-refractivity contribution in [3.63, 3.8) is 0 Å². The average Bonchev–Trinajstić information content (AvgIpc) is 2.38. The molecule has 1 aromatic rings. The summed E-state index contributed by atoms with van der Waals surface area (Å²) in [6.45, 7) is 2.97. The highest BCUT2D eigenvalue weighted by atomic mass is 16.3. The molecule has 18 heavy (non-hydrogen) atoms. The SMILES string of the molecule is CC(CCO)NC(=O)c1cccc2c1CCCN2. The first-order valence-corrected chi connectivity index (χ1v) is 6.50. The zero-order valence-corrected chi connectivity index (χ0v) is 10.7. The molecule has 3 N–H and O–H groups in total. The number of rotatable bonds is 4. The molecule has 0 saturated heterocycles. The van der Waals surface area contributed by atoms with Gasteiger partial charge in [0.25, 0.3) is 5.91 Å². The monoisotopic (exact) mass is 248 g/mol. The molecule has 4 heteroatoms. The highest BCUT2D eigenvalue weighted by molar-refractivity contribution is 5.97. The number of carbonyl (C=O) groups is 1. The number of benzene rings is 1. The van der Waals surface area contributed by atoms with E-state index in [0.717, 1.165) is 36.2 Å². The van der Waals surface area contributed by atoms with Gasteiger partial charge in [0, 0.05) is 30.4 Å². The van der Waals surface area contributed by atoms with Crippen molar-refractivity contribution < 1.29 is 9.90 Å². The summed E-state index contributed by atoms with van der Waals surface area (Å²) in [6.07, 6.45) is 2.59. The number of fused-ring (bicyclic) bond motifs is 1. The van der Waals surface area contributed by atoms with Crippen LogP contribution in [-0.2, 0) is 6.42 Å². The molecule has 2 rings (SSSR count). The Bertz CT molecular complexity index is 432. The fourth-order valence-corrected chi connectivity index (χ4v) is 2.29. The van der Waals surface area contributed by atoms with Gasteiger partial charge in [0.2, 0.25) is 0 Å². The van der Waals surface area contributed by atoms with E-state index in [0.29, 0.717) is 6.42 Å². The van der Waals surface area contributed by atoms with E-state index in [1.54, 1.807) is 0 Å². The van der Waals surface area contributed by atoms with Gasteiger partial charge >= 0.3 is 0 Å². The molecule has 1 atom stereocenters. The number of hydrogen-bond acceptors (Lipinski definition) is 3. The summed E-state index contributed by atoms with van der Waals surface area (Å²) >= 11 is 0. The predicted molar refractivity (Wildman–Crippen MR) is 71.9 cm³/mol. The van der Waals surface area contributed by atoms with Crippen LogP contribution in [0.5, 0.6) is 0 Å². The minimum Gasteiger partial charge on any atom is -0.396 e. The fraction of sp³-hybridized carbons (Fsp3) is 0.500. The van der Waals surface area contributed by atoms with Crippen molar-refractivity contribution in [2.24, 2.45) is 0 Å². The lowest BCUT2D eigenvalue weighted by molar-refractivity contribution is 0.0933. The Labute approximate surface area is 107 Å². The Hall–Kier alpha value is -1.55. The molecule has 1 heterocycles. The number of nitrogens with one attached hydrogen (secondary N) is 2. The number of anilines is 1. The van der Waals surface area contributed by atoms with Gasteiger partial charge in [-0.05, 0) is 43.9 Å². The molecule has 1 aliphatic heterocycles. The van der Waals surface area contributed by atoms with Crippen LogP contribution in [0, 0.1) is 0 Å². The van der Waals surface area contributed by atoms with Crippen LogP contribution in [0.1, 0.15) is 35.7 Å². The van der Waals surface area contributed by atoms with Gasteiger partial charge in [-0.2, -0.15) is 0 Å². The van der Waals surface area contributed by atoms with Crippen molar-refractivity contribution in [1.29, 1.82) is 0 Å². The average molecular weight is 248 g/mol. The third-order valence-electron chi connectivity index (χ3n) is 3.28. The van der Waals surface area contributed by atoms with Gasteiger partial charge < -0.3 is 15.7 Å². The molecular formula is C14H20N2O2. The predicted octanol–water partition coefficient (Wildman–Crippen LogP) is 1.55. The lowest BCUT2D eigenvalue weighted by atomic mass is 9.97. The van der Waals surface area contributed by atoms with Crippen LogP contribution >= 0.6 is 0 Å². The van der Waals surface area contributed by atoms with Crippen molar-refractivity contribution >= 4 is 11.6 Å². The summed E-state index contributed by atoms with van der Waals surface area (Å²) in [6, 6.07) is 5.78. The standard InChI is InChI=1S/C14H20N2O2/c1-10(7-9-17)16-14(18)12-4-2-6-13-11(12)5-3-8-15-13/h2,4,6,10,15,17H,3,5,7-9H2,1H3,(H,16,18). The van der Waals surface area contributed by atoms with Crippen LogP contribution in [0.4, 0.5) is 5.69 Å². The lowest BCUT2D eigenvalue weighted by Gasteiger charge is -2.21. The second-order valence-electron chi connectivity index (χ2n) is 4.75. The van der Waals surface area contributed by atoms with Gasteiger partial charge in [-0.15, -0.1) is 0 Å². The van der Waals surface area contributed by atoms with Gasteiger partial charge in [0.1, 0.15) is 0 Å².